The number of ether oxygens (including phenoxy) is 2. The fourth-order valence-corrected chi connectivity index (χ4v) is 3.61. The lowest BCUT2D eigenvalue weighted by Crippen LogP contribution is -2.34. The van der Waals surface area contributed by atoms with Crippen molar-refractivity contribution in [3.05, 3.63) is 60.0 Å². The van der Waals surface area contributed by atoms with Crippen LogP contribution in [0, 0.1) is 0 Å². The average molecular weight is 379 g/mol. The number of pyridine rings is 1. The van der Waals surface area contributed by atoms with Gasteiger partial charge in [-0.3, -0.25) is 4.79 Å². The Bertz CT molecular complexity index is 1010. The van der Waals surface area contributed by atoms with Gasteiger partial charge in [-0.1, -0.05) is 18.2 Å². The highest BCUT2D eigenvalue weighted by Gasteiger charge is 2.32. The molecule has 0 radical (unpaired) electrons. The first-order chi connectivity index (χ1) is 13.5. The Labute approximate surface area is 164 Å². The van der Waals surface area contributed by atoms with E-state index in [1.165, 1.54) is 0 Å². The zero-order valence-electron chi connectivity index (χ0n) is 16.5. The summed E-state index contributed by atoms with van der Waals surface area (Å²) in [6.45, 7) is 7.13. The van der Waals surface area contributed by atoms with Crippen LogP contribution < -0.4 is 9.47 Å². The van der Waals surface area contributed by atoms with Crippen LogP contribution in [0.15, 0.2) is 48.8 Å². The summed E-state index contributed by atoms with van der Waals surface area (Å²) in [4.78, 5) is 18.9. The largest absolute Gasteiger partial charge is 0.483 e. The second kappa shape index (κ2) is 7.19. The van der Waals surface area contributed by atoms with Gasteiger partial charge in [-0.25, -0.2) is 4.98 Å². The summed E-state index contributed by atoms with van der Waals surface area (Å²) in [6.07, 6.45) is 4.60. The first-order valence-corrected chi connectivity index (χ1v) is 9.59. The van der Waals surface area contributed by atoms with Gasteiger partial charge >= 0.3 is 0 Å². The summed E-state index contributed by atoms with van der Waals surface area (Å²) in [5.41, 5.74) is 2.71. The van der Waals surface area contributed by atoms with Crippen LogP contribution in [0.2, 0.25) is 0 Å². The molecule has 1 aliphatic rings. The summed E-state index contributed by atoms with van der Waals surface area (Å²) in [5, 5.41) is 0. The van der Waals surface area contributed by atoms with Crippen LogP contribution in [0.25, 0.3) is 5.65 Å². The van der Waals surface area contributed by atoms with Gasteiger partial charge in [-0.2, -0.15) is 0 Å². The van der Waals surface area contributed by atoms with Gasteiger partial charge in [-0.05, 0) is 39.0 Å². The molecule has 1 aromatic carbocycles. The van der Waals surface area contributed by atoms with E-state index in [0.29, 0.717) is 18.8 Å². The molecule has 6 nitrogen and oxygen atoms in total. The van der Waals surface area contributed by atoms with Gasteiger partial charge in [0.2, 0.25) is 0 Å². The number of rotatable bonds is 6. The number of hydrogen-bond acceptors (Lipinski definition) is 4. The standard InChI is InChI=1S/C22H25N3O3/c1-4-24(14-17-13-23-19-10-5-6-11-25(17)19)20(26)15-27-18-9-7-8-16-12-22(2,3)28-21(16)18/h5-11,13H,4,12,14-15H2,1-3H3. The summed E-state index contributed by atoms with van der Waals surface area (Å²) < 4.78 is 13.9. The molecule has 0 N–H and O–H groups in total. The van der Waals surface area contributed by atoms with Crippen LogP contribution in [-0.4, -0.2) is 38.9 Å². The summed E-state index contributed by atoms with van der Waals surface area (Å²) >= 11 is 0. The lowest BCUT2D eigenvalue weighted by molar-refractivity contribution is -0.133. The number of benzene rings is 1. The van der Waals surface area contributed by atoms with Crippen LogP contribution in [-0.2, 0) is 17.8 Å². The number of carbonyl (C=O) groups is 1. The van der Waals surface area contributed by atoms with E-state index in [-0.39, 0.29) is 18.1 Å². The van der Waals surface area contributed by atoms with Gasteiger partial charge < -0.3 is 18.8 Å². The Morgan fingerprint density at radius 1 is 1.29 bits per heavy atom. The number of imidazole rings is 1. The molecule has 6 heteroatoms. The molecule has 146 valence electrons. The fraction of sp³-hybridized carbons (Fsp3) is 0.364. The van der Waals surface area contributed by atoms with Crippen LogP contribution in [0.5, 0.6) is 11.5 Å². The fourth-order valence-electron chi connectivity index (χ4n) is 3.61. The number of amides is 1. The molecular weight excluding hydrogens is 354 g/mol. The Kier molecular flexibility index (Phi) is 4.71. The number of para-hydroxylation sites is 1. The van der Waals surface area contributed by atoms with E-state index >= 15 is 0 Å². The third kappa shape index (κ3) is 3.54. The SMILES string of the molecule is CCN(Cc1cnc2ccccn12)C(=O)COc1cccc2c1OC(C)(C)C2. The predicted octanol–water partition coefficient (Wildman–Crippen LogP) is 3.48. The van der Waals surface area contributed by atoms with E-state index in [2.05, 4.69) is 18.8 Å². The van der Waals surface area contributed by atoms with E-state index in [4.69, 9.17) is 9.47 Å². The van der Waals surface area contributed by atoms with Crippen molar-refractivity contribution < 1.29 is 14.3 Å². The topological polar surface area (TPSA) is 56.1 Å². The molecule has 0 unspecified atom stereocenters. The first kappa shape index (κ1) is 18.3. The average Bonchev–Trinajstić information content (AvgIpc) is 3.23. The molecule has 0 spiro atoms. The van der Waals surface area contributed by atoms with Crippen LogP contribution >= 0.6 is 0 Å². The van der Waals surface area contributed by atoms with Gasteiger partial charge in [0.1, 0.15) is 11.2 Å². The highest BCUT2D eigenvalue weighted by molar-refractivity contribution is 5.78. The maximum atomic E-state index is 12.8. The number of aromatic nitrogens is 2. The molecule has 1 aliphatic heterocycles. The molecule has 3 heterocycles. The second-order valence-corrected chi connectivity index (χ2v) is 7.66. The van der Waals surface area contributed by atoms with Gasteiger partial charge in [0.25, 0.3) is 5.91 Å². The Balaban J connectivity index is 1.44. The van der Waals surface area contributed by atoms with Crippen molar-refractivity contribution in [1.29, 1.82) is 0 Å². The summed E-state index contributed by atoms with van der Waals surface area (Å²) in [5.74, 6) is 1.32. The molecule has 4 rings (SSSR count). The van der Waals surface area contributed by atoms with Gasteiger partial charge in [0.15, 0.2) is 18.1 Å². The van der Waals surface area contributed by atoms with E-state index in [0.717, 1.165) is 29.1 Å². The predicted molar refractivity (Wildman–Crippen MR) is 107 cm³/mol. The van der Waals surface area contributed by atoms with Crippen LogP contribution in [0.1, 0.15) is 32.0 Å². The molecule has 0 saturated carbocycles. The van der Waals surface area contributed by atoms with Crippen molar-refractivity contribution in [2.24, 2.45) is 0 Å². The van der Waals surface area contributed by atoms with E-state index in [9.17, 15) is 4.79 Å². The normalized spacial score (nSPS) is 14.5. The van der Waals surface area contributed by atoms with E-state index < -0.39 is 0 Å². The van der Waals surface area contributed by atoms with E-state index in [1.54, 1.807) is 4.90 Å². The zero-order valence-corrected chi connectivity index (χ0v) is 16.5. The van der Waals surface area contributed by atoms with Gasteiger partial charge in [0.05, 0.1) is 18.4 Å². The van der Waals surface area contributed by atoms with Crippen molar-refractivity contribution >= 4 is 11.6 Å². The number of likely N-dealkylation sites (N-methyl/N-ethyl adjacent to an activating group) is 1. The van der Waals surface area contributed by atoms with Gasteiger partial charge in [-0.15, -0.1) is 0 Å². The van der Waals surface area contributed by atoms with Crippen molar-refractivity contribution in [2.45, 2.75) is 39.3 Å². The van der Waals surface area contributed by atoms with Crippen molar-refractivity contribution in [3.8, 4) is 11.5 Å². The van der Waals surface area contributed by atoms with Crippen LogP contribution in [0.3, 0.4) is 0 Å². The Hall–Kier alpha value is -3.02. The lowest BCUT2D eigenvalue weighted by Gasteiger charge is -2.21. The highest BCUT2D eigenvalue weighted by Crippen LogP contribution is 2.41. The third-order valence-corrected chi connectivity index (χ3v) is 4.99. The minimum Gasteiger partial charge on any atom is -0.483 e. The molecule has 28 heavy (non-hydrogen) atoms. The molecule has 0 atom stereocenters. The zero-order chi connectivity index (χ0) is 19.7. The van der Waals surface area contributed by atoms with Crippen molar-refractivity contribution in [1.82, 2.24) is 14.3 Å². The maximum absolute atomic E-state index is 12.8. The Morgan fingerprint density at radius 2 is 2.14 bits per heavy atom. The van der Waals surface area contributed by atoms with Crippen molar-refractivity contribution in [3.63, 3.8) is 0 Å². The number of carbonyl (C=O) groups excluding carboxylic acids is 1. The number of nitrogens with zero attached hydrogens (tertiary/aromatic N) is 3. The quantitative estimate of drug-likeness (QED) is 0.658. The number of fused-ring (bicyclic) bond motifs is 2. The first-order valence-electron chi connectivity index (χ1n) is 9.59. The minimum absolute atomic E-state index is 0.0230. The minimum atomic E-state index is -0.246. The van der Waals surface area contributed by atoms with E-state index in [1.807, 2.05) is 60.1 Å². The van der Waals surface area contributed by atoms with Gasteiger partial charge in [0, 0.05) is 24.7 Å². The van der Waals surface area contributed by atoms with Crippen LogP contribution in [0.4, 0.5) is 0 Å². The lowest BCUT2D eigenvalue weighted by atomic mass is 10.0. The Morgan fingerprint density at radius 3 is 2.96 bits per heavy atom. The third-order valence-electron chi connectivity index (χ3n) is 4.99. The molecule has 0 bridgehead atoms. The molecule has 0 saturated heterocycles. The summed E-state index contributed by atoms with van der Waals surface area (Å²) in [7, 11) is 0. The van der Waals surface area contributed by atoms with Crippen molar-refractivity contribution in [2.75, 3.05) is 13.2 Å². The molecule has 0 aliphatic carbocycles. The number of hydrogen-bond donors (Lipinski definition) is 0. The second-order valence-electron chi connectivity index (χ2n) is 7.66. The summed E-state index contributed by atoms with van der Waals surface area (Å²) in [6, 6.07) is 11.7. The monoisotopic (exact) mass is 379 g/mol. The molecule has 0 fully saturated rings. The molecule has 2 aromatic heterocycles. The molecule has 3 aromatic rings. The highest BCUT2D eigenvalue weighted by atomic mass is 16.5. The smallest absolute Gasteiger partial charge is 0.260 e. The molecule has 1 amide bonds. The molecular formula is C22H25N3O3. The maximum Gasteiger partial charge on any atom is 0.260 e.